The maximum Gasteiger partial charge on any atom is 0.162 e. The quantitative estimate of drug-likeness (QED) is 0.173. The van der Waals surface area contributed by atoms with Gasteiger partial charge in [0.2, 0.25) is 0 Å². The molecular formula is C25H31FN4OS. The van der Waals surface area contributed by atoms with Gasteiger partial charge in [-0.2, -0.15) is 0 Å². The molecule has 0 spiro atoms. The summed E-state index contributed by atoms with van der Waals surface area (Å²) in [5.41, 5.74) is 11.8. The van der Waals surface area contributed by atoms with E-state index in [0.29, 0.717) is 11.4 Å². The summed E-state index contributed by atoms with van der Waals surface area (Å²) in [6.45, 7) is 8.11. The van der Waals surface area contributed by atoms with Crippen LogP contribution in [0.1, 0.15) is 47.2 Å². The Bertz CT molecular complexity index is 1070. The molecule has 0 unspecified atom stereocenters. The van der Waals surface area contributed by atoms with Crippen molar-refractivity contribution in [2.45, 2.75) is 34.1 Å². The van der Waals surface area contributed by atoms with Gasteiger partial charge in [-0.25, -0.2) is 15.8 Å². The van der Waals surface area contributed by atoms with E-state index in [2.05, 4.69) is 41.8 Å². The SMILES string of the molecule is CCc1ccccc1.Cc1cc(/C(N)=N/NN)sc1/C=C(/c1ccc(O)cc1F)C(C)C. The molecule has 0 aliphatic heterocycles. The van der Waals surface area contributed by atoms with Crippen molar-refractivity contribution in [3.8, 4) is 5.75 Å². The average molecular weight is 455 g/mol. The van der Waals surface area contributed by atoms with E-state index in [1.807, 2.05) is 39.0 Å². The predicted octanol–water partition coefficient (Wildman–Crippen LogP) is 5.43. The zero-order valence-electron chi connectivity index (χ0n) is 18.9. The first-order chi connectivity index (χ1) is 15.3. The minimum Gasteiger partial charge on any atom is -0.508 e. The molecule has 32 heavy (non-hydrogen) atoms. The van der Waals surface area contributed by atoms with Gasteiger partial charge in [0.15, 0.2) is 5.84 Å². The number of hydrazone groups is 1. The van der Waals surface area contributed by atoms with E-state index in [0.717, 1.165) is 33.4 Å². The number of hydrogen-bond donors (Lipinski definition) is 4. The summed E-state index contributed by atoms with van der Waals surface area (Å²) in [7, 11) is 0. The van der Waals surface area contributed by atoms with Gasteiger partial charge in [-0.05, 0) is 60.2 Å². The number of nitrogens with one attached hydrogen (secondary N) is 1. The number of nitrogens with two attached hydrogens (primary N) is 2. The van der Waals surface area contributed by atoms with Crippen molar-refractivity contribution in [2.75, 3.05) is 0 Å². The van der Waals surface area contributed by atoms with Gasteiger partial charge in [-0.1, -0.05) is 51.1 Å². The monoisotopic (exact) mass is 454 g/mol. The van der Waals surface area contributed by atoms with Crippen LogP contribution in [0, 0.1) is 18.7 Å². The molecule has 170 valence electrons. The second-order valence-electron chi connectivity index (χ2n) is 7.54. The molecule has 6 N–H and O–H groups in total. The highest BCUT2D eigenvalue weighted by atomic mass is 32.1. The number of amidine groups is 1. The van der Waals surface area contributed by atoms with E-state index in [-0.39, 0.29) is 11.7 Å². The van der Waals surface area contributed by atoms with Gasteiger partial charge in [-0.15, -0.1) is 16.4 Å². The first kappa shape index (κ1) is 25.1. The van der Waals surface area contributed by atoms with Crippen molar-refractivity contribution in [3.05, 3.63) is 86.9 Å². The third kappa shape index (κ3) is 6.93. The molecule has 0 saturated heterocycles. The summed E-state index contributed by atoms with van der Waals surface area (Å²) in [5, 5.41) is 13.2. The minimum absolute atomic E-state index is 0.0905. The van der Waals surface area contributed by atoms with Crippen LogP contribution in [0.4, 0.5) is 4.39 Å². The number of phenols is 1. The molecule has 0 fully saturated rings. The summed E-state index contributed by atoms with van der Waals surface area (Å²) < 4.78 is 14.2. The maximum absolute atomic E-state index is 14.2. The summed E-state index contributed by atoms with van der Waals surface area (Å²) in [6, 6.07) is 16.6. The molecule has 2 aromatic carbocycles. The minimum atomic E-state index is -0.446. The van der Waals surface area contributed by atoms with Crippen molar-refractivity contribution in [3.63, 3.8) is 0 Å². The van der Waals surface area contributed by atoms with Crippen LogP contribution in [0.3, 0.4) is 0 Å². The van der Waals surface area contributed by atoms with Gasteiger partial charge in [0.1, 0.15) is 11.6 Å². The van der Waals surface area contributed by atoms with E-state index >= 15 is 0 Å². The number of allylic oxidation sites excluding steroid dienone is 1. The normalized spacial score (nSPS) is 11.8. The van der Waals surface area contributed by atoms with Crippen LogP contribution in [0.2, 0.25) is 0 Å². The summed E-state index contributed by atoms with van der Waals surface area (Å²) in [5.74, 6) is 5.01. The Morgan fingerprint density at radius 2 is 1.88 bits per heavy atom. The Kier molecular flexibility index (Phi) is 9.43. The van der Waals surface area contributed by atoms with Gasteiger partial charge in [0.05, 0.1) is 4.88 Å². The Morgan fingerprint density at radius 3 is 2.41 bits per heavy atom. The highest BCUT2D eigenvalue weighted by molar-refractivity contribution is 7.15. The van der Waals surface area contributed by atoms with E-state index < -0.39 is 5.82 Å². The fourth-order valence-corrected chi connectivity index (χ4v) is 4.07. The van der Waals surface area contributed by atoms with Crippen molar-refractivity contribution >= 4 is 28.8 Å². The molecule has 0 amide bonds. The molecule has 0 aliphatic carbocycles. The summed E-state index contributed by atoms with van der Waals surface area (Å²) in [4.78, 5) is 1.75. The van der Waals surface area contributed by atoms with Gasteiger partial charge >= 0.3 is 0 Å². The van der Waals surface area contributed by atoms with E-state index in [1.54, 1.807) is 6.07 Å². The van der Waals surface area contributed by atoms with Crippen LogP contribution in [0.15, 0.2) is 59.7 Å². The maximum atomic E-state index is 14.2. The number of benzene rings is 2. The summed E-state index contributed by atoms with van der Waals surface area (Å²) >= 11 is 1.46. The molecule has 5 nitrogen and oxygen atoms in total. The number of thiophene rings is 1. The number of aryl methyl sites for hydroxylation is 2. The van der Waals surface area contributed by atoms with E-state index in [9.17, 15) is 9.50 Å². The molecule has 3 rings (SSSR count). The lowest BCUT2D eigenvalue weighted by Gasteiger charge is -2.13. The number of phenolic OH excluding ortho intramolecular Hbond substituents is 1. The fourth-order valence-electron chi connectivity index (χ4n) is 3.04. The van der Waals surface area contributed by atoms with Crippen molar-refractivity contribution in [2.24, 2.45) is 22.6 Å². The van der Waals surface area contributed by atoms with Gasteiger partial charge in [0.25, 0.3) is 0 Å². The number of hydrazine groups is 1. The zero-order chi connectivity index (χ0) is 23.7. The third-order valence-corrected chi connectivity index (χ3v) is 6.02. The molecule has 0 radical (unpaired) electrons. The van der Waals surface area contributed by atoms with Crippen molar-refractivity contribution in [1.29, 1.82) is 0 Å². The Hall–Kier alpha value is -3.16. The highest BCUT2D eigenvalue weighted by Crippen LogP contribution is 2.33. The third-order valence-electron chi connectivity index (χ3n) is 4.82. The Morgan fingerprint density at radius 1 is 1.19 bits per heavy atom. The first-order valence-corrected chi connectivity index (χ1v) is 11.2. The lowest BCUT2D eigenvalue weighted by Crippen LogP contribution is -2.22. The van der Waals surface area contributed by atoms with Crippen LogP contribution < -0.4 is 17.1 Å². The molecular weight excluding hydrogens is 423 g/mol. The van der Waals surface area contributed by atoms with Gasteiger partial charge < -0.3 is 10.8 Å². The Balaban J connectivity index is 0.000000380. The molecule has 3 aromatic rings. The van der Waals surface area contributed by atoms with Crippen LogP contribution in [0.25, 0.3) is 11.6 Å². The van der Waals surface area contributed by atoms with E-state index in [1.165, 1.54) is 23.0 Å². The van der Waals surface area contributed by atoms with Gasteiger partial charge in [-0.3, -0.25) is 0 Å². The van der Waals surface area contributed by atoms with Crippen LogP contribution in [-0.2, 0) is 6.42 Å². The molecule has 0 bridgehead atoms. The van der Waals surface area contributed by atoms with E-state index in [4.69, 9.17) is 11.6 Å². The average Bonchev–Trinajstić information content (AvgIpc) is 3.14. The van der Waals surface area contributed by atoms with Crippen LogP contribution in [-0.4, -0.2) is 10.9 Å². The largest absolute Gasteiger partial charge is 0.508 e. The van der Waals surface area contributed by atoms with Crippen LogP contribution >= 0.6 is 11.3 Å². The van der Waals surface area contributed by atoms with Crippen molar-refractivity contribution in [1.82, 2.24) is 5.53 Å². The lowest BCUT2D eigenvalue weighted by molar-refractivity contribution is 0.468. The number of halogens is 1. The molecule has 0 aliphatic rings. The molecule has 7 heteroatoms. The standard InChI is InChI=1S/C17H21FN4OS.C8H10/c1-9(2)13(12-5-4-11(23)7-14(12)18)8-15-10(3)6-16(24-15)17(19)21-22-20;1-2-8-6-4-3-5-7-8/h4-9,22-23H,20H2,1-3H3,(H2,19,21);3-7H,2H2,1H3/b13-8+;. The summed E-state index contributed by atoms with van der Waals surface area (Å²) in [6.07, 6.45) is 3.09. The predicted molar refractivity (Wildman–Crippen MR) is 134 cm³/mol. The number of aromatic hydroxyl groups is 1. The number of hydrogen-bond acceptors (Lipinski definition) is 5. The molecule has 0 saturated carbocycles. The second-order valence-corrected chi connectivity index (χ2v) is 8.63. The van der Waals surface area contributed by atoms with Crippen LogP contribution in [0.5, 0.6) is 5.75 Å². The molecule has 0 atom stereocenters. The molecule has 1 aromatic heterocycles. The number of nitrogens with zero attached hydrogens (tertiary/aromatic N) is 1. The topological polar surface area (TPSA) is 96.7 Å². The lowest BCUT2D eigenvalue weighted by atomic mass is 9.93. The van der Waals surface area contributed by atoms with Gasteiger partial charge in [0, 0.05) is 16.5 Å². The smallest absolute Gasteiger partial charge is 0.162 e. The second kappa shape index (κ2) is 12.0. The highest BCUT2D eigenvalue weighted by Gasteiger charge is 2.15. The Labute approximate surface area is 193 Å². The molecule has 1 heterocycles. The zero-order valence-corrected chi connectivity index (χ0v) is 19.7. The van der Waals surface area contributed by atoms with Crippen molar-refractivity contribution < 1.29 is 9.50 Å². The first-order valence-electron chi connectivity index (χ1n) is 10.4. The fraction of sp³-hybridized carbons (Fsp3) is 0.240. The number of rotatable bonds is 6.